The Hall–Kier alpha value is -4.56. The number of hydrogen-bond donors (Lipinski definition) is 1. The standard InChI is InChI=1S/C30H27Cl2N5O9/c1-13-6-5-7-17(24(13)38)22-15-8-9-16-21(18(15)12-29(31)27(41)34(4)28(42)30(22,29)32)26(40)35(25(16)39)14-10-19(36(43)44)23(33(2)3)20(11-14)37(45)46/h5-8,10-11,16,18,21-22,38H,9,12H2,1-4H3/t16-,18+,21-,22+,29+,30-/m0/s1. The van der Waals surface area contributed by atoms with E-state index in [1.165, 1.54) is 26.0 Å². The van der Waals surface area contributed by atoms with E-state index in [-0.39, 0.29) is 35.5 Å². The van der Waals surface area contributed by atoms with Crippen LogP contribution in [0.4, 0.5) is 22.7 Å². The number of aromatic hydroxyl groups is 1. The van der Waals surface area contributed by atoms with Crippen molar-refractivity contribution in [3.63, 3.8) is 0 Å². The second kappa shape index (κ2) is 10.2. The van der Waals surface area contributed by atoms with E-state index < -0.39 is 78.3 Å². The quantitative estimate of drug-likeness (QED) is 0.161. The SMILES string of the molecule is Cc1cccc([C@H]2C3=CC[C@@H]4C(=O)N(c5cc([N+](=O)[O-])c(N(C)C)c([N+](=O)[O-])c5)C(=O)[C@@H]4[C@@H]3C[C@@]3(Cl)C(=O)N(C)C(=O)[C@@]23Cl)c1O. The zero-order valence-electron chi connectivity index (χ0n) is 24.9. The van der Waals surface area contributed by atoms with Crippen molar-refractivity contribution in [2.45, 2.75) is 35.4 Å². The zero-order valence-corrected chi connectivity index (χ0v) is 26.4. The molecule has 3 fully saturated rings. The van der Waals surface area contributed by atoms with Gasteiger partial charge in [0, 0.05) is 44.8 Å². The molecule has 2 heterocycles. The Labute approximate surface area is 271 Å². The molecule has 6 rings (SSSR count). The molecule has 0 aromatic heterocycles. The molecule has 2 aliphatic heterocycles. The van der Waals surface area contributed by atoms with Gasteiger partial charge in [0.05, 0.1) is 27.4 Å². The van der Waals surface area contributed by atoms with Crippen LogP contribution < -0.4 is 9.80 Å². The van der Waals surface area contributed by atoms with Gasteiger partial charge in [-0.3, -0.25) is 44.3 Å². The minimum Gasteiger partial charge on any atom is -0.507 e. The van der Waals surface area contributed by atoms with E-state index in [1.54, 1.807) is 31.2 Å². The van der Waals surface area contributed by atoms with E-state index >= 15 is 0 Å². The summed E-state index contributed by atoms with van der Waals surface area (Å²) in [5, 5.41) is 35.2. The first-order valence-corrected chi connectivity index (χ1v) is 14.9. The molecule has 2 saturated heterocycles. The number of nitrogens with zero attached hydrogens (tertiary/aromatic N) is 5. The molecule has 6 atom stereocenters. The fourth-order valence-electron chi connectivity index (χ4n) is 7.71. The van der Waals surface area contributed by atoms with Crippen LogP contribution >= 0.6 is 23.2 Å². The number of phenolic OH excluding ortho intramolecular Hbond substituents is 1. The first kappa shape index (κ1) is 31.4. The Morgan fingerprint density at radius 2 is 1.59 bits per heavy atom. The largest absolute Gasteiger partial charge is 0.507 e. The van der Waals surface area contributed by atoms with Crippen LogP contribution in [0.1, 0.15) is 29.9 Å². The number of carbonyl (C=O) groups is 4. The summed E-state index contributed by atoms with van der Waals surface area (Å²) in [5.74, 6) is -7.56. The van der Waals surface area contributed by atoms with Crippen LogP contribution in [-0.2, 0) is 19.2 Å². The molecule has 2 aromatic carbocycles. The van der Waals surface area contributed by atoms with Gasteiger partial charge in [-0.15, -0.1) is 23.2 Å². The highest BCUT2D eigenvalue weighted by Crippen LogP contribution is 2.66. The van der Waals surface area contributed by atoms with Crippen molar-refractivity contribution in [1.82, 2.24) is 4.90 Å². The average molecular weight is 672 g/mol. The lowest BCUT2D eigenvalue weighted by molar-refractivity contribution is -0.392. The van der Waals surface area contributed by atoms with Crippen LogP contribution in [-0.4, -0.2) is 74.4 Å². The number of allylic oxidation sites excluding steroid dienone is 2. The third-order valence-electron chi connectivity index (χ3n) is 9.75. The molecule has 0 unspecified atom stereocenters. The summed E-state index contributed by atoms with van der Waals surface area (Å²) in [6, 6.07) is 6.73. The van der Waals surface area contributed by atoms with Gasteiger partial charge >= 0.3 is 11.4 Å². The van der Waals surface area contributed by atoms with Crippen molar-refractivity contribution in [2.75, 3.05) is 30.9 Å². The number of carbonyl (C=O) groups excluding carboxylic acids is 4. The Balaban J connectivity index is 1.52. The smallest absolute Gasteiger partial charge is 0.301 e. The number of likely N-dealkylation sites (tertiary alicyclic amines) is 1. The highest BCUT2D eigenvalue weighted by atomic mass is 35.5. The molecule has 2 aliphatic carbocycles. The number of imide groups is 2. The van der Waals surface area contributed by atoms with Crippen LogP contribution in [0.2, 0.25) is 0 Å². The number of nitro groups is 2. The van der Waals surface area contributed by atoms with Gasteiger partial charge in [0.2, 0.25) is 11.8 Å². The molecule has 0 spiro atoms. The van der Waals surface area contributed by atoms with Gasteiger partial charge in [0.15, 0.2) is 15.4 Å². The lowest BCUT2D eigenvalue weighted by atomic mass is 9.56. The van der Waals surface area contributed by atoms with Gasteiger partial charge < -0.3 is 10.0 Å². The van der Waals surface area contributed by atoms with Crippen LogP contribution in [0.25, 0.3) is 0 Å². The number of halogens is 2. The predicted octanol–water partition coefficient (Wildman–Crippen LogP) is 3.78. The van der Waals surface area contributed by atoms with Gasteiger partial charge in [-0.1, -0.05) is 29.8 Å². The first-order chi connectivity index (χ1) is 21.5. The van der Waals surface area contributed by atoms with Crippen molar-refractivity contribution >= 4 is 69.6 Å². The number of nitro benzene ring substituents is 2. The summed E-state index contributed by atoms with van der Waals surface area (Å²) in [7, 11) is 4.02. The molecule has 4 amide bonds. The van der Waals surface area contributed by atoms with E-state index in [4.69, 9.17) is 23.2 Å². The number of alkyl halides is 2. The number of phenols is 1. The van der Waals surface area contributed by atoms with E-state index in [1.807, 2.05) is 0 Å². The van der Waals surface area contributed by atoms with E-state index in [0.717, 1.165) is 17.0 Å². The third-order valence-corrected chi connectivity index (χ3v) is 11.2. The fraction of sp³-hybridized carbons (Fsp3) is 0.400. The molecule has 4 aliphatic rings. The van der Waals surface area contributed by atoms with E-state index in [9.17, 15) is 44.5 Å². The minimum atomic E-state index is -2.09. The number of benzene rings is 2. The van der Waals surface area contributed by atoms with Crippen molar-refractivity contribution in [3.8, 4) is 5.75 Å². The van der Waals surface area contributed by atoms with Gasteiger partial charge in [0.1, 0.15) is 5.75 Å². The molecular weight excluding hydrogens is 645 g/mol. The van der Waals surface area contributed by atoms with Crippen LogP contribution in [0, 0.1) is 44.9 Å². The number of rotatable bonds is 5. The number of hydrogen-bond acceptors (Lipinski definition) is 10. The number of fused-ring (bicyclic) bond motifs is 4. The molecule has 240 valence electrons. The first-order valence-electron chi connectivity index (χ1n) is 14.2. The number of para-hydroxylation sites is 1. The lowest BCUT2D eigenvalue weighted by Crippen LogP contribution is -2.60. The summed E-state index contributed by atoms with van der Waals surface area (Å²) in [4.78, 5) is 76.4. The molecule has 0 bridgehead atoms. The second-order valence-electron chi connectivity index (χ2n) is 12.3. The maximum absolute atomic E-state index is 14.3. The second-order valence-corrected chi connectivity index (χ2v) is 13.5. The fourth-order valence-corrected chi connectivity index (χ4v) is 8.73. The van der Waals surface area contributed by atoms with Crippen molar-refractivity contribution in [3.05, 3.63) is 73.3 Å². The third kappa shape index (κ3) is 3.89. The highest BCUT2D eigenvalue weighted by Gasteiger charge is 2.76. The summed E-state index contributed by atoms with van der Waals surface area (Å²) in [5.41, 5.74) is -0.914. The zero-order chi connectivity index (χ0) is 33.8. The number of anilines is 2. The van der Waals surface area contributed by atoms with Crippen molar-refractivity contribution in [2.24, 2.45) is 17.8 Å². The minimum absolute atomic E-state index is 0.0130. The Morgan fingerprint density at radius 3 is 2.15 bits per heavy atom. The normalized spacial score (nSPS) is 30.2. The maximum Gasteiger partial charge on any atom is 0.301 e. The van der Waals surface area contributed by atoms with Crippen molar-refractivity contribution in [1.29, 1.82) is 0 Å². The van der Waals surface area contributed by atoms with E-state index in [0.29, 0.717) is 16.0 Å². The van der Waals surface area contributed by atoms with Gasteiger partial charge in [-0.25, -0.2) is 4.90 Å². The molecule has 1 saturated carbocycles. The van der Waals surface area contributed by atoms with Gasteiger partial charge in [-0.05, 0) is 31.2 Å². The van der Waals surface area contributed by atoms with Gasteiger partial charge in [-0.2, -0.15) is 0 Å². The summed E-state index contributed by atoms with van der Waals surface area (Å²) >= 11 is 14.3. The summed E-state index contributed by atoms with van der Waals surface area (Å²) in [6.07, 6.45) is 1.35. The predicted molar refractivity (Wildman–Crippen MR) is 165 cm³/mol. The maximum atomic E-state index is 14.3. The Bertz CT molecular complexity index is 1810. The van der Waals surface area contributed by atoms with Crippen LogP contribution in [0.5, 0.6) is 5.75 Å². The molecule has 0 radical (unpaired) electrons. The average Bonchev–Trinajstić information content (AvgIpc) is 3.32. The number of aryl methyl sites for hydroxylation is 1. The van der Waals surface area contributed by atoms with Crippen molar-refractivity contribution < 1.29 is 34.1 Å². The summed E-state index contributed by atoms with van der Waals surface area (Å²) < 4.78 is 0. The Morgan fingerprint density at radius 1 is 0.978 bits per heavy atom. The highest BCUT2D eigenvalue weighted by molar-refractivity contribution is 6.53. The number of amides is 4. The molecule has 2 aromatic rings. The Kier molecular flexibility index (Phi) is 6.98. The lowest BCUT2D eigenvalue weighted by Gasteiger charge is -2.50. The molecule has 1 N–H and O–H groups in total. The monoisotopic (exact) mass is 671 g/mol. The van der Waals surface area contributed by atoms with E-state index in [2.05, 4.69) is 0 Å². The topological polar surface area (TPSA) is 185 Å². The molecule has 14 nitrogen and oxygen atoms in total. The molecule has 16 heteroatoms. The van der Waals surface area contributed by atoms with Crippen LogP contribution in [0.15, 0.2) is 42.0 Å². The van der Waals surface area contributed by atoms with Gasteiger partial charge in [0.25, 0.3) is 11.8 Å². The molecular formula is C30H27Cl2N5O9. The van der Waals surface area contributed by atoms with Crippen LogP contribution in [0.3, 0.4) is 0 Å². The molecule has 46 heavy (non-hydrogen) atoms. The summed E-state index contributed by atoms with van der Waals surface area (Å²) in [6.45, 7) is 1.64.